The molecule has 0 N–H and O–H groups in total. The molecule has 5 heteroatoms. The molecule has 0 bridgehead atoms. The largest absolute Gasteiger partial charge is 0.383 e. The summed E-state index contributed by atoms with van der Waals surface area (Å²) in [5.74, 6) is 0.485. The summed E-state index contributed by atoms with van der Waals surface area (Å²) in [6.07, 6.45) is 5.75. The summed E-state index contributed by atoms with van der Waals surface area (Å²) >= 11 is 0. The lowest BCUT2D eigenvalue weighted by atomic mass is 9.71. The van der Waals surface area contributed by atoms with Crippen molar-refractivity contribution in [3.05, 3.63) is 0 Å². The maximum Gasteiger partial charge on any atom is 0.168 e. The first kappa shape index (κ1) is 21.1. The van der Waals surface area contributed by atoms with Crippen LogP contribution >= 0.6 is 0 Å². The van der Waals surface area contributed by atoms with Crippen molar-refractivity contribution in [3.63, 3.8) is 0 Å². The van der Waals surface area contributed by atoms with E-state index in [4.69, 9.17) is 18.9 Å². The van der Waals surface area contributed by atoms with Crippen molar-refractivity contribution in [3.8, 4) is 0 Å². The molecule has 1 aliphatic heterocycles. The van der Waals surface area contributed by atoms with Crippen LogP contribution in [0, 0.1) is 11.3 Å². The van der Waals surface area contributed by atoms with E-state index in [-0.39, 0.29) is 11.9 Å². The Balaban J connectivity index is 1.74. The summed E-state index contributed by atoms with van der Waals surface area (Å²) < 4.78 is 23.0. The van der Waals surface area contributed by atoms with Crippen LogP contribution in [0.15, 0.2) is 0 Å². The molecule has 1 spiro atoms. The highest BCUT2D eigenvalue weighted by molar-refractivity contribution is 4.88. The molecular formula is C20H39NO4. The average Bonchev–Trinajstić information content (AvgIpc) is 2.96. The lowest BCUT2D eigenvalue weighted by Gasteiger charge is -2.41. The molecule has 2 aliphatic rings. The van der Waals surface area contributed by atoms with Gasteiger partial charge in [0.05, 0.1) is 25.9 Å². The molecule has 1 aliphatic carbocycles. The van der Waals surface area contributed by atoms with Crippen molar-refractivity contribution >= 4 is 0 Å². The van der Waals surface area contributed by atoms with E-state index in [0.717, 1.165) is 64.6 Å². The van der Waals surface area contributed by atoms with Gasteiger partial charge in [-0.3, -0.25) is 4.90 Å². The van der Waals surface area contributed by atoms with Gasteiger partial charge >= 0.3 is 0 Å². The SMILES string of the molecule is COCCN(CCOC)CCC1COC2(CCC(C(C)(C)C)CC2)O1. The molecule has 2 fully saturated rings. The summed E-state index contributed by atoms with van der Waals surface area (Å²) in [4.78, 5) is 2.39. The molecule has 0 aromatic carbocycles. The first-order valence-corrected chi connectivity index (χ1v) is 9.90. The highest BCUT2D eigenvalue weighted by Gasteiger charge is 2.45. The van der Waals surface area contributed by atoms with Gasteiger partial charge in [-0.25, -0.2) is 0 Å². The molecule has 0 radical (unpaired) electrons. The van der Waals surface area contributed by atoms with Gasteiger partial charge in [0, 0.05) is 46.7 Å². The number of hydrogen-bond acceptors (Lipinski definition) is 5. The smallest absolute Gasteiger partial charge is 0.168 e. The van der Waals surface area contributed by atoms with Gasteiger partial charge in [-0.05, 0) is 30.6 Å². The van der Waals surface area contributed by atoms with Crippen molar-refractivity contribution in [2.75, 3.05) is 53.7 Å². The molecular weight excluding hydrogens is 318 g/mol. The number of ether oxygens (including phenoxy) is 4. The van der Waals surface area contributed by atoms with E-state index in [1.54, 1.807) is 14.2 Å². The summed E-state index contributed by atoms with van der Waals surface area (Å²) in [7, 11) is 3.50. The van der Waals surface area contributed by atoms with Gasteiger partial charge in [-0.2, -0.15) is 0 Å². The second-order valence-corrected chi connectivity index (χ2v) is 8.72. The van der Waals surface area contributed by atoms with Crippen LogP contribution in [0.1, 0.15) is 52.9 Å². The Bertz CT molecular complexity index is 366. The standard InChI is InChI=1S/C20H39NO4/c1-19(2,3)17-6-9-20(10-7-17)24-16-18(25-20)8-11-21(12-14-22-4)13-15-23-5/h17-18H,6-16H2,1-5H3. The minimum absolute atomic E-state index is 0.221. The molecule has 5 nitrogen and oxygen atoms in total. The first-order chi connectivity index (χ1) is 11.9. The van der Waals surface area contributed by atoms with Crippen LogP contribution in [0.4, 0.5) is 0 Å². The number of hydrogen-bond donors (Lipinski definition) is 0. The molecule has 1 heterocycles. The molecule has 25 heavy (non-hydrogen) atoms. The van der Waals surface area contributed by atoms with Gasteiger partial charge in [0.2, 0.25) is 0 Å². The second kappa shape index (κ2) is 9.65. The van der Waals surface area contributed by atoms with Crippen molar-refractivity contribution < 1.29 is 18.9 Å². The molecule has 2 rings (SSSR count). The Kier molecular flexibility index (Phi) is 8.15. The van der Waals surface area contributed by atoms with Crippen molar-refractivity contribution in [2.24, 2.45) is 11.3 Å². The monoisotopic (exact) mass is 357 g/mol. The van der Waals surface area contributed by atoms with Gasteiger partial charge in [0.25, 0.3) is 0 Å². The maximum absolute atomic E-state index is 6.40. The van der Waals surface area contributed by atoms with Crippen molar-refractivity contribution in [1.82, 2.24) is 4.90 Å². The second-order valence-electron chi connectivity index (χ2n) is 8.72. The van der Waals surface area contributed by atoms with Crippen molar-refractivity contribution in [1.29, 1.82) is 0 Å². The van der Waals surface area contributed by atoms with Crippen molar-refractivity contribution in [2.45, 2.75) is 64.8 Å². The first-order valence-electron chi connectivity index (χ1n) is 9.90. The van der Waals surface area contributed by atoms with Crippen LogP contribution in [0.25, 0.3) is 0 Å². The molecule has 148 valence electrons. The van der Waals surface area contributed by atoms with Gasteiger partial charge < -0.3 is 18.9 Å². The fourth-order valence-electron chi connectivity index (χ4n) is 4.05. The van der Waals surface area contributed by atoms with Crippen LogP contribution in [0.5, 0.6) is 0 Å². The van der Waals surface area contributed by atoms with E-state index >= 15 is 0 Å². The van der Waals surface area contributed by atoms with Crippen LogP contribution in [-0.2, 0) is 18.9 Å². The third-order valence-corrected chi connectivity index (χ3v) is 5.88. The van der Waals surface area contributed by atoms with E-state index < -0.39 is 0 Å². The zero-order valence-corrected chi connectivity index (χ0v) is 17.0. The number of methoxy groups -OCH3 is 2. The van der Waals surface area contributed by atoms with E-state index in [2.05, 4.69) is 25.7 Å². The minimum Gasteiger partial charge on any atom is -0.383 e. The Labute approximate surface area is 154 Å². The minimum atomic E-state index is -0.295. The molecule has 0 amide bonds. The summed E-state index contributed by atoms with van der Waals surface area (Å²) in [5, 5.41) is 0. The van der Waals surface area contributed by atoms with E-state index in [1.807, 2.05) is 0 Å². The highest BCUT2D eigenvalue weighted by atomic mass is 16.7. The zero-order chi connectivity index (χ0) is 18.3. The molecule has 1 unspecified atom stereocenters. The number of nitrogens with zero attached hydrogens (tertiary/aromatic N) is 1. The third kappa shape index (κ3) is 6.47. The van der Waals surface area contributed by atoms with Gasteiger partial charge in [-0.1, -0.05) is 20.8 Å². The molecule has 1 saturated carbocycles. The van der Waals surface area contributed by atoms with E-state index in [0.29, 0.717) is 5.41 Å². The average molecular weight is 358 g/mol. The Morgan fingerprint density at radius 2 is 1.60 bits per heavy atom. The Morgan fingerprint density at radius 1 is 1.00 bits per heavy atom. The fourth-order valence-corrected chi connectivity index (χ4v) is 4.05. The summed E-state index contributed by atoms with van der Waals surface area (Å²) in [5.41, 5.74) is 0.392. The normalized spacial score (nSPS) is 30.5. The molecule has 0 aromatic rings. The molecule has 1 saturated heterocycles. The summed E-state index contributed by atoms with van der Waals surface area (Å²) in [6.45, 7) is 12.2. The van der Waals surface area contributed by atoms with Gasteiger partial charge in [0.15, 0.2) is 5.79 Å². The highest BCUT2D eigenvalue weighted by Crippen LogP contribution is 2.45. The lowest BCUT2D eigenvalue weighted by molar-refractivity contribution is -0.197. The lowest BCUT2D eigenvalue weighted by Crippen LogP contribution is -2.39. The van der Waals surface area contributed by atoms with Crippen LogP contribution in [-0.4, -0.2) is 70.5 Å². The zero-order valence-electron chi connectivity index (χ0n) is 17.0. The van der Waals surface area contributed by atoms with Gasteiger partial charge in [-0.15, -0.1) is 0 Å². The van der Waals surface area contributed by atoms with Crippen LogP contribution in [0.2, 0.25) is 0 Å². The molecule has 1 atom stereocenters. The summed E-state index contributed by atoms with van der Waals surface area (Å²) in [6, 6.07) is 0. The predicted octanol–water partition coefficient (Wildman–Crippen LogP) is 3.32. The predicted molar refractivity (Wildman–Crippen MR) is 99.8 cm³/mol. The third-order valence-electron chi connectivity index (χ3n) is 5.88. The van der Waals surface area contributed by atoms with E-state index in [1.165, 1.54) is 12.8 Å². The maximum atomic E-state index is 6.40. The van der Waals surface area contributed by atoms with E-state index in [9.17, 15) is 0 Å². The topological polar surface area (TPSA) is 40.2 Å². The Hall–Kier alpha value is -0.200. The number of rotatable bonds is 9. The van der Waals surface area contributed by atoms with Crippen LogP contribution < -0.4 is 0 Å². The van der Waals surface area contributed by atoms with Crippen LogP contribution in [0.3, 0.4) is 0 Å². The Morgan fingerprint density at radius 3 is 2.12 bits per heavy atom. The quantitative estimate of drug-likeness (QED) is 0.633. The molecule has 0 aromatic heterocycles. The van der Waals surface area contributed by atoms with Gasteiger partial charge in [0.1, 0.15) is 0 Å². The fraction of sp³-hybridized carbons (Fsp3) is 1.00.